The van der Waals surface area contributed by atoms with Crippen LogP contribution in [-0.4, -0.2) is 41.9 Å². The van der Waals surface area contributed by atoms with Crippen LogP contribution < -0.4 is 0 Å². The molecule has 29 heavy (non-hydrogen) atoms. The van der Waals surface area contributed by atoms with Gasteiger partial charge in [0.15, 0.2) is 0 Å². The highest BCUT2D eigenvalue weighted by Gasteiger charge is 2.52. The lowest BCUT2D eigenvalue weighted by atomic mass is 9.72. The van der Waals surface area contributed by atoms with Crippen molar-refractivity contribution in [1.82, 2.24) is 9.80 Å². The zero-order chi connectivity index (χ0) is 21.3. The van der Waals surface area contributed by atoms with Crippen LogP contribution in [0.2, 0.25) is 0 Å². The molecule has 0 radical (unpaired) electrons. The third-order valence-electron chi connectivity index (χ3n) is 5.57. The van der Waals surface area contributed by atoms with Crippen LogP contribution in [0.3, 0.4) is 0 Å². The van der Waals surface area contributed by atoms with Crippen LogP contribution in [-0.2, 0) is 17.8 Å². The van der Waals surface area contributed by atoms with Crippen LogP contribution in [0.5, 0.6) is 0 Å². The lowest BCUT2D eigenvalue weighted by Crippen LogP contribution is -2.72. The van der Waals surface area contributed by atoms with Crippen molar-refractivity contribution in [3.63, 3.8) is 0 Å². The van der Waals surface area contributed by atoms with Crippen LogP contribution in [0.25, 0.3) is 0 Å². The van der Waals surface area contributed by atoms with Gasteiger partial charge in [-0.15, -0.1) is 0 Å². The number of carbonyl (C=O) groups is 1. The summed E-state index contributed by atoms with van der Waals surface area (Å²) in [5, 5.41) is 0. The Morgan fingerprint density at radius 2 is 1.52 bits per heavy atom. The molecule has 3 heteroatoms. The molecule has 0 bridgehead atoms. The van der Waals surface area contributed by atoms with E-state index in [1.165, 1.54) is 16.7 Å². The molecule has 1 spiro atoms. The summed E-state index contributed by atoms with van der Waals surface area (Å²) in [7, 11) is 0. The molecule has 2 saturated heterocycles. The molecule has 2 heterocycles. The Bertz CT molecular complexity index is 742. The van der Waals surface area contributed by atoms with E-state index in [1.54, 1.807) is 0 Å². The number of nitrogens with zero attached hydrogens (tertiary/aromatic N) is 2. The molecule has 0 aliphatic carbocycles. The predicted molar refractivity (Wildman–Crippen MR) is 123 cm³/mol. The summed E-state index contributed by atoms with van der Waals surface area (Å²) in [6, 6.07) is 19.2. The Hall–Kier alpha value is -2.13. The van der Waals surface area contributed by atoms with Gasteiger partial charge in [-0.2, -0.15) is 0 Å². The molecule has 4 rings (SSSR count). The minimum Gasteiger partial charge on any atom is -0.341 e. The molecule has 0 aromatic heterocycles. The Labute approximate surface area is 177 Å². The first-order chi connectivity index (χ1) is 14.0. The first kappa shape index (κ1) is 23.2. The minimum absolute atomic E-state index is 0.310. The summed E-state index contributed by atoms with van der Waals surface area (Å²) in [4.78, 5) is 16.1. The molecule has 158 valence electrons. The van der Waals surface area contributed by atoms with Gasteiger partial charge in [0.25, 0.3) is 0 Å². The van der Waals surface area contributed by atoms with Gasteiger partial charge in [0.2, 0.25) is 5.91 Å². The maximum atomic E-state index is 11.6. The Kier molecular flexibility index (Phi) is 8.91. The van der Waals surface area contributed by atoms with Gasteiger partial charge >= 0.3 is 0 Å². The van der Waals surface area contributed by atoms with Crippen molar-refractivity contribution >= 4 is 5.91 Å². The average molecular weight is 395 g/mol. The first-order valence-electron chi connectivity index (χ1n) is 11.1. The number of amides is 1. The van der Waals surface area contributed by atoms with Gasteiger partial charge in [-0.3, -0.25) is 9.69 Å². The average Bonchev–Trinajstić information content (AvgIpc) is 2.71. The van der Waals surface area contributed by atoms with Crippen LogP contribution in [0.1, 0.15) is 50.8 Å². The highest BCUT2D eigenvalue weighted by molar-refractivity contribution is 5.77. The van der Waals surface area contributed by atoms with Crippen molar-refractivity contribution in [2.45, 2.75) is 54.0 Å². The van der Waals surface area contributed by atoms with Gasteiger partial charge in [0, 0.05) is 44.6 Å². The zero-order valence-corrected chi connectivity index (χ0v) is 18.9. The van der Waals surface area contributed by atoms with Gasteiger partial charge in [-0.1, -0.05) is 87.9 Å². The second-order valence-electron chi connectivity index (χ2n) is 8.08. The molecule has 0 N–H and O–H groups in total. The molecule has 2 fully saturated rings. The van der Waals surface area contributed by atoms with Crippen molar-refractivity contribution in [2.24, 2.45) is 5.41 Å². The van der Waals surface area contributed by atoms with Crippen LogP contribution >= 0.6 is 0 Å². The second kappa shape index (κ2) is 11.2. The maximum absolute atomic E-state index is 11.6. The van der Waals surface area contributed by atoms with Crippen LogP contribution in [0, 0.1) is 12.3 Å². The van der Waals surface area contributed by atoms with E-state index in [-0.39, 0.29) is 0 Å². The molecule has 0 unspecified atom stereocenters. The number of hydrogen-bond acceptors (Lipinski definition) is 2. The lowest BCUT2D eigenvalue weighted by molar-refractivity contribution is -0.159. The minimum atomic E-state index is 0.310. The van der Waals surface area contributed by atoms with Gasteiger partial charge in [-0.05, 0) is 24.5 Å². The Morgan fingerprint density at radius 3 is 2.03 bits per heavy atom. The normalized spacial score (nSPS) is 16.5. The van der Waals surface area contributed by atoms with Crippen LogP contribution in [0.15, 0.2) is 54.6 Å². The van der Waals surface area contributed by atoms with Gasteiger partial charge in [0.05, 0.1) is 0 Å². The Morgan fingerprint density at radius 1 is 0.897 bits per heavy atom. The van der Waals surface area contributed by atoms with E-state index in [1.807, 2.05) is 43.9 Å². The van der Waals surface area contributed by atoms with Gasteiger partial charge in [0.1, 0.15) is 0 Å². The smallest absolute Gasteiger partial charge is 0.222 e. The van der Waals surface area contributed by atoms with Crippen LogP contribution in [0.4, 0.5) is 0 Å². The summed E-state index contributed by atoms with van der Waals surface area (Å²) >= 11 is 0. The molecule has 0 saturated carbocycles. The molecule has 2 aromatic rings. The van der Waals surface area contributed by atoms with Crippen molar-refractivity contribution in [2.75, 3.05) is 26.2 Å². The van der Waals surface area contributed by atoms with E-state index in [0.717, 1.165) is 39.1 Å². The third kappa shape index (κ3) is 6.43. The second-order valence-corrected chi connectivity index (χ2v) is 8.08. The summed E-state index contributed by atoms with van der Waals surface area (Å²) in [5.41, 5.74) is 4.58. The van der Waals surface area contributed by atoms with Crippen molar-refractivity contribution < 1.29 is 4.79 Å². The molecule has 0 atom stereocenters. The summed E-state index contributed by atoms with van der Waals surface area (Å²) in [6.45, 7) is 15.5. The number of aryl methyl sites for hydroxylation is 2. The van der Waals surface area contributed by atoms with Crippen molar-refractivity contribution in [3.05, 3.63) is 71.3 Å². The third-order valence-corrected chi connectivity index (χ3v) is 5.57. The SMILES string of the molecule is CC.CCC(=O)N1CC2(CN(Cc3cccc(CC)c3)C2)C1.Cc1ccccc1. The predicted octanol–water partition coefficient (Wildman–Crippen LogP) is 5.32. The lowest BCUT2D eigenvalue weighted by Gasteiger charge is -2.60. The summed E-state index contributed by atoms with van der Waals surface area (Å²) in [6.07, 6.45) is 1.75. The number of likely N-dealkylation sites (tertiary alicyclic amines) is 2. The maximum Gasteiger partial charge on any atom is 0.222 e. The molecule has 3 nitrogen and oxygen atoms in total. The molecular formula is C26H38N2O. The van der Waals surface area contributed by atoms with E-state index in [0.29, 0.717) is 17.7 Å². The topological polar surface area (TPSA) is 23.6 Å². The van der Waals surface area contributed by atoms with E-state index in [2.05, 4.69) is 55.1 Å². The fourth-order valence-electron chi connectivity index (χ4n) is 4.12. The quantitative estimate of drug-likeness (QED) is 0.700. The van der Waals surface area contributed by atoms with E-state index in [4.69, 9.17) is 0 Å². The number of carbonyl (C=O) groups excluding carboxylic acids is 1. The zero-order valence-electron chi connectivity index (χ0n) is 18.9. The molecule has 2 aliphatic heterocycles. The molecular weight excluding hydrogens is 356 g/mol. The molecule has 1 amide bonds. The van der Waals surface area contributed by atoms with Gasteiger partial charge < -0.3 is 4.90 Å². The standard InChI is InChI=1S/C17H24N2O.C7H8.C2H6/c1-3-14-6-5-7-15(8-14)9-18-10-17(11-18)12-19(13-17)16(20)4-2;1-7-5-3-2-4-6-7;1-2/h5-8H,3-4,9-13H2,1-2H3;2-6H,1H3;1-2H3. The fraction of sp³-hybridized carbons (Fsp3) is 0.500. The highest BCUT2D eigenvalue weighted by Crippen LogP contribution is 2.40. The number of hydrogen-bond donors (Lipinski definition) is 0. The van der Waals surface area contributed by atoms with Crippen molar-refractivity contribution in [3.8, 4) is 0 Å². The molecule has 2 aliphatic rings. The Balaban J connectivity index is 0.000000280. The van der Waals surface area contributed by atoms with Gasteiger partial charge in [-0.25, -0.2) is 0 Å². The monoisotopic (exact) mass is 394 g/mol. The van der Waals surface area contributed by atoms with Crippen molar-refractivity contribution in [1.29, 1.82) is 0 Å². The highest BCUT2D eigenvalue weighted by atomic mass is 16.2. The van der Waals surface area contributed by atoms with E-state index >= 15 is 0 Å². The number of rotatable bonds is 4. The summed E-state index contributed by atoms with van der Waals surface area (Å²) < 4.78 is 0. The fourth-order valence-corrected chi connectivity index (χ4v) is 4.12. The van der Waals surface area contributed by atoms with E-state index < -0.39 is 0 Å². The largest absolute Gasteiger partial charge is 0.341 e. The first-order valence-corrected chi connectivity index (χ1v) is 11.1. The summed E-state index contributed by atoms with van der Waals surface area (Å²) in [5.74, 6) is 0.310. The number of benzene rings is 2. The molecule has 2 aromatic carbocycles. The van der Waals surface area contributed by atoms with E-state index in [9.17, 15) is 4.79 Å².